The zero-order chi connectivity index (χ0) is 9.19. The number of nitrogens with one attached hydrogen (secondary N) is 2. The molecule has 0 amide bonds. The monoisotopic (exact) mass is 188 g/mol. The maximum Gasteiger partial charge on any atom is 0.0842 e. The van der Waals surface area contributed by atoms with Gasteiger partial charge in [0.2, 0.25) is 0 Å². The molecule has 0 aliphatic carbocycles. The van der Waals surface area contributed by atoms with Gasteiger partial charge in [0.1, 0.15) is 0 Å². The van der Waals surface area contributed by atoms with Gasteiger partial charge >= 0.3 is 0 Å². The average molecular weight is 188 g/mol. The van der Waals surface area contributed by atoms with Crippen LogP contribution in [0.1, 0.15) is 44.9 Å². The topological polar surface area (TPSA) is 42.5 Å². The van der Waals surface area contributed by atoms with E-state index in [0.717, 1.165) is 13.0 Å². The van der Waals surface area contributed by atoms with Gasteiger partial charge in [0.25, 0.3) is 0 Å². The fourth-order valence-corrected chi connectivity index (χ4v) is 1.41. The molecule has 1 fully saturated rings. The van der Waals surface area contributed by atoms with Gasteiger partial charge in [-0.15, -0.1) is 10.6 Å². The molecule has 0 spiro atoms. The summed E-state index contributed by atoms with van der Waals surface area (Å²) in [5, 5.41) is 0. The second-order valence-electron chi connectivity index (χ2n) is 3.41. The average Bonchev–Trinajstić information content (AvgIpc) is 2.18. The van der Waals surface area contributed by atoms with Gasteiger partial charge in [-0.3, -0.25) is 0 Å². The summed E-state index contributed by atoms with van der Waals surface area (Å²) in [6, 6.07) is 0. The van der Waals surface area contributed by atoms with Crippen molar-refractivity contribution in [1.29, 1.82) is 0 Å². The normalized spacial score (nSPS) is 24.0. The Balaban J connectivity index is 2.01. The van der Waals surface area contributed by atoms with Crippen LogP contribution in [0.15, 0.2) is 0 Å². The Bertz CT molecular complexity index is 63.7. The molecule has 2 N–H and O–H groups in total. The predicted octanol–water partition coefficient (Wildman–Crippen LogP) is 1.69. The Morgan fingerprint density at radius 3 is 2.31 bits per heavy atom. The van der Waals surface area contributed by atoms with Gasteiger partial charge in [-0.25, -0.2) is 10.3 Å². The van der Waals surface area contributed by atoms with E-state index in [1.54, 1.807) is 0 Å². The largest absolute Gasteiger partial charge is 0.232 e. The minimum Gasteiger partial charge on any atom is -0.232 e. The lowest BCUT2D eigenvalue weighted by atomic mass is 10.1. The van der Waals surface area contributed by atoms with Crippen LogP contribution < -0.4 is 11.0 Å². The maximum atomic E-state index is 4.87. The van der Waals surface area contributed by atoms with E-state index in [1.807, 2.05) is 0 Å². The summed E-state index contributed by atoms with van der Waals surface area (Å²) in [4.78, 5) is 9.56. The third kappa shape index (κ3) is 6.95. The highest BCUT2D eigenvalue weighted by atomic mass is 17.3. The van der Waals surface area contributed by atoms with E-state index in [0.29, 0.717) is 6.61 Å². The maximum absolute atomic E-state index is 4.87. The van der Waals surface area contributed by atoms with Crippen LogP contribution in [0.3, 0.4) is 0 Å². The summed E-state index contributed by atoms with van der Waals surface area (Å²) in [6.07, 6.45) is 8.85. The summed E-state index contributed by atoms with van der Waals surface area (Å²) in [6.45, 7) is 1.61. The van der Waals surface area contributed by atoms with Gasteiger partial charge in [0.05, 0.1) is 6.61 Å². The summed E-state index contributed by atoms with van der Waals surface area (Å²) < 4.78 is 0. The van der Waals surface area contributed by atoms with Crippen molar-refractivity contribution < 1.29 is 9.88 Å². The van der Waals surface area contributed by atoms with Crippen LogP contribution >= 0.6 is 0 Å². The van der Waals surface area contributed by atoms with E-state index in [-0.39, 0.29) is 0 Å². The molecule has 0 aromatic rings. The first-order valence-electron chi connectivity index (χ1n) is 5.26. The van der Waals surface area contributed by atoms with E-state index in [1.165, 1.54) is 38.5 Å². The van der Waals surface area contributed by atoms with Crippen LogP contribution in [0.25, 0.3) is 0 Å². The highest BCUT2D eigenvalue weighted by Crippen LogP contribution is 2.07. The first-order chi connectivity index (χ1) is 6.50. The van der Waals surface area contributed by atoms with Crippen LogP contribution in [-0.2, 0) is 9.88 Å². The molecule has 1 heterocycles. The molecule has 0 atom stereocenters. The number of hydrogen-bond acceptors (Lipinski definition) is 4. The first kappa shape index (κ1) is 10.9. The Morgan fingerprint density at radius 2 is 1.46 bits per heavy atom. The van der Waals surface area contributed by atoms with E-state index in [9.17, 15) is 0 Å². The number of hydrazine groups is 1. The lowest BCUT2D eigenvalue weighted by Gasteiger charge is -2.04. The number of rotatable bonds is 0. The van der Waals surface area contributed by atoms with Crippen LogP contribution in [0.5, 0.6) is 0 Å². The molecular weight excluding hydrogens is 168 g/mol. The molecule has 0 bridgehead atoms. The highest BCUT2D eigenvalue weighted by molar-refractivity contribution is 4.47. The van der Waals surface area contributed by atoms with Crippen LogP contribution in [0, 0.1) is 0 Å². The Labute approximate surface area is 79.8 Å². The van der Waals surface area contributed by atoms with E-state index in [2.05, 4.69) is 16.0 Å². The molecule has 0 aromatic heterocycles. The van der Waals surface area contributed by atoms with E-state index in [4.69, 9.17) is 4.89 Å². The minimum absolute atomic E-state index is 0.675. The second-order valence-corrected chi connectivity index (χ2v) is 3.41. The molecule has 1 saturated heterocycles. The lowest BCUT2D eigenvalue weighted by Crippen LogP contribution is -2.32. The van der Waals surface area contributed by atoms with E-state index < -0.39 is 0 Å². The smallest absolute Gasteiger partial charge is 0.0842 e. The molecule has 1 rings (SSSR count). The zero-order valence-corrected chi connectivity index (χ0v) is 8.18. The van der Waals surface area contributed by atoms with Crippen molar-refractivity contribution in [2.24, 2.45) is 0 Å². The Kier molecular flexibility index (Phi) is 7.09. The molecule has 1 aliphatic heterocycles. The van der Waals surface area contributed by atoms with Gasteiger partial charge in [0, 0.05) is 6.54 Å². The third-order valence-corrected chi connectivity index (χ3v) is 2.20. The SMILES string of the molecule is C1CCCCNNOOCCCC1. The fourth-order valence-electron chi connectivity index (χ4n) is 1.41. The Hall–Kier alpha value is -0.160. The predicted molar refractivity (Wildman–Crippen MR) is 50.5 cm³/mol. The summed E-state index contributed by atoms with van der Waals surface area (Å²) in [5.41, 5.74) is 5.48. The third-order valence-electron chi connectivity index (χ3n) is 2.20. The van der Waals surface area contributed by atoms with Crippen molar-refractivity contribution in [3.63, 3.8) is 0 Å². The first-order valence-corrected chi connectivity index (χ1v) is 5.26. The zero-order valence-electron chi connectivity index (χ0n) is 8.18. The van der Waals surface area contributed by atoms with Crippen molar-refractivity contribution in [3.05, 3.63) is 0 Å². The van der Waals surface area contributed by atoms with Crippen molar-refractivity contribution in [3.8, 4) is 0 Å². The second kappa shape index (κ2) is 8.44. The van der Waals surface area contributed by atoms with Crippen LogP contribution in [0.4, 0.5) is 0 Å². The number of hydrogen-bond donors (Lipinski definition) is 2. The molecular formula is C9H20N2O2. The molecule has 0 aromatic carbocycles. The molecule has 0 unspecified atom stereocenters. The quantitative estimate of drug-likeness (QED) is 0.568. The summed E-state index contributed by atoms with van der Waals surface area (Å²) in [7, 11) is 0. The minimum atomic E-state index is 0.675. The van der Waals surface area contributed by atoms with Crippen molar-refractivity contribution in [1.82, 2.24) is 11.0 Å². The van der Waals surface area contributed by atoms with Gasteiger partial charge < -0.3 is 0 Å². The van der Waals surface area contributed by atoms with Gasteiger partial charge in [-0.05, 0) is 12.8 Å². The molecule has 4 heteroatoms. The molecule has 0 saturated carbocycles. The lowest BCUT2D eigenvalue weighted by molar-refractivity contribution is -0.345. The Morgan fingerprint density at radius 1 is 0.769 bits per heavy atom. The highest BCUT2D eigenvalue weighted by Gasteiger charge is 1.95. The van der Waals surface area contributed by atoms with Gasteiger partial charge in [-0.1, -0.05) is 32.1 Å². The molecule has 78 valence electrons. The fraction of sp³-hybridized carbons (Fsp3) is 1.00. The van der Waals surface area contributed by atoms with E-state index >= 15 is 0 Å². The molecule has 1 aliphatic rings. The van der Waals surface area contributed by atoms with Gasteiger partial charge in [-0.2, -0.15) is 0 Å². The summed E-state index contributed by atoms with van der Waals surface area (Å²) >= 11 is 0. The molecule has 4 nitrogen and oxygen atoms in total. The van der Waals surface area contributed by atoms with Crippen LogP contribution in [-0.4, -0.2) is 13.2 Å². The van der Waals surface area contributed by atoms with Crippen molar-refractivity contribution in [2.45, 2.75) is 44.9 Å². The molecule has 0 radical (unpaired) electrons. The van der Waals surface area contributed by atoms with Crippen molar-refractivity contribution >= 4 is 0 Å². The van der Waals surface area contributed by atoms with Crippen LogP contribution in [0.2, 0.25) is 0 Å². The summed E-state index contributed by atoms with van der Waals surface area (Å²) in [5.74, 6) is 0. The standard InChI is InChI=1S/C9H20N2O2/c1-2-4-6-8-10-11-13-12-9-7-5-3-1/h10-11H,1-9H2. The molecule has 13 heavy (non-hydrogen) atoms. The van der Waals surface area contributed by atoms with Crippen molar-refractivity contribution in [2.75, 3.05) is 13.2 Å². The van der Waals surface area contributed by atoms with Gasteiger partial charge in [0.15, 0.2) is 0 Å².